The number of carboxylic acids is 1. The molecule has 0 heterocycles. The van der Waals surface area contributed by atoms with E-state index in [0.29, 0.717) is 32.1 Å². The third kappa shape index (κ3) is 9.99. The summed E-state index contributed by atoms with van der Waals surface area (Å²) in [5, 5.41) is 9.04. The Morgan fingerprint density at radius 1 is 0.943 bits per heavy atom. The molecule has 2 rings (SSSR count). The van der Waals surface area contributed by atoms with Crippen LogP contribution in [0.5, 0.6) is 11.5 Å². The maximum atomic E-state index is 12.3. The monoisotopic (exact) mass is 490 g/mol. The summed E-state index contributed by atoms with van der Waals surface area (Å²) in [6, 6.07) is 5.90. The van der Waals surface area contributed by atoms with E-state index in [1.165, 1.54) is 24.3 Å². The Hall–Kier alpha value is -3.69. The normalized spacial score (nSPS) is 18.0. The molecule has 1 aromatic rings. The highest BCUT2D eigenvalue weighted by molar-refractivity contribution is 5.81. The standard InChI is InChI=1S/C25H30O10/c1-3-21(26)33-16(2)14-15-32-22(27)12-13-23(28)34-19-8-10-20(11-9-19)35-25(31)18-6-4-17(5-7-18)24(29)30/h3,8-11,16-18H,1,4-7,12-15H2,2H3,(H,29,30). The van der Waals surface area contributed by atoms with Crippen LogP contribution in [0.2, 0.25) is 0 Å². The zero-order valence-corrected chi connectivity index (χ0v) is 19.6. The summed E-state index contributed by atoms with van der Waals surface area (Å²) >= 11 is 0. The van der Waals surface area contributed by atoms with E-state index >= 15 is 0 Å². The lowest BCUT2D eigenvalue weighted by atomic mass is 9.82. The summed E-state index contributed by atoms with van der Waals surface area (Å²) in [6.45, 7) is 4.99. The van der Waals surface area contributed by atoms with E-state index in [-0.39, 0.29) is 36.9 Å². The Kier molecular flexibility index (Phi) is 10.9. The van der Waals surface area contributed by atoms with Crippen LogP contribution >= 0.6 is 0 Å². The Morgan fingerprint density at radius 3 is 2.06 bits per heavy atom. The highest BCUT2D eigenvalue weighted by Crippen LogP contribution is 2.30. The number of carboxylic acid groups (broad SMARTS) is 1. The van der Waals surface area contributed by atoms with Gasteiger partial charge in [-0.05, 0) is 56.9 Å². The van der Waals surface area contributed by atoms with Crippen molar-refractivity contribution >= 4 is 29.8 Å². The second-order valence-electron chi connectivity index (χ2n) is 8.21. The van der Waals surface area contributed by atoms with E-state index in [1.807, 2.05) is 0 Å². The minimum Gasteiger partial charge on any atom is -0.481 e. The van der Waals surface area contributed by atoms with Gasteiger partial charge in [0.15, 0.2) is 0 Å². The molecule has 1 aromatic carbocycles. The van der Waals surface area contributed by atoms with Crippen LogP contribution < -0.4 is 9.47 Å². The Balaban J connectivity index is 1.66. The molecule has 1 N–H and O–H groups in total. The number of benzene rings is 1. The first-order valence-electron chi connectivity index (χ1n) is 11.4. The highest BCUT2D eigenvalue weighted by atomic mass is 16.6. The maximum Gasteiger partial charge on any atom is 0.330 e. The number of hydrogen-bond donors (Lipinski definition) is 1. The van der Waals surface area contributed by atoms with Gasteiger partial charge in [-0.15, -0.1) is 0 Å². The number of aliphatic carboxylic acids is 1. The summed E-state index contributed by atoms with van der Waals surface area (Å²) in [7, 11) is 0. The number of rotatable bonds is 12. The first kappa shape index (κ1) is 27.6. The van der Waals surface area contributed by atoms with Crippen molar-refractivity contribution in [1.29, 1.82) is 0 Å². The SMILES string of the molecule is C=CC(=O)OC(C)CCOC(=O)CCC(=O)Oc1ccc(OC(=O)C2CCC(C(=O)O)CC2)cc1. The lowest BCUT2D eigenvalue weighted by Crippen LogP contribution is -2.28. The van der Waals surface area contributed by atoms with Crippen LogP contribution in [0.25, 0.3) is 0 Å². The number of carbonyl (C=O) groups is 5. The fourth-order valence-corrected chi connectivity index (χ4v) is 3.45. The summed E-state index contributed by atoms with van der Waals surface area (Å²) in [5.74, 6) is -3.25. The first-order chi connectivity index (χ1) is 16.7. The highest BCUT2D eigenvalue weighted by Gasteiger charge is 2.30. The summed E-state index contributed by atoms with van der Waals surface area (Å²) in [4.78, 5) is 58.1. The number of hydrogen-bond acceptors (Lipinski definition) is 9. The lowest BCUT2D eigenvalue weighted by molar-refractivity contribution is -0.149. The third-order valence-electron chi connectivity index (χ3n) is 5.49. The third-order valence-corrected chi connectivity index (χ3v) is 5.49. The molecule has 0 radical (unpaired) electrons. The van der Waals surface area contributed by atoms with Crippen LogP contribution in [0.4, 0.5) is 0 Å². The number of ether oxygens (including phenoxy) is 4. The van der Waals surface area contributed by atoms with Gasteiger partial charge in [0.05, 0.1) is 31.3 Å². The molecule has 1 atom stereocenters. The molecule has 0 spiro atoms. The van der Waals surface area contributed by atoms with Crippen LogP contribution in [-0.4, -0.2) is 47.7 Å². The van der Waals surface area contributed by atoms with Crippen molar-refractivity contribution in [2.45, 2.75) is 58.0 Å². The molecule has 0 aromatic heterocycles. The first-order valence-corrected chi connectivity index (χ1v) is 11.4. The maximum absolute atomic E-state index is 12.3. The molecular formula is C25H30O10. The lowest BCUT2D eigenvalue weighted by Gasteiger charge is -2.24. The van der Waals surface area contributed by atoms with Crippen LogP contribution in [-0.2, 0) is 33.4 Å². The van der Waals surface area contributed by atoms with Crippen LogP contribution in [0.1, 0.15) is 51.9 Å². The summed E-state index contributed by atoms with van der Waals surface area (Å²) in [5.41, 5.74) is 0. The van der Waals surface area contributed by atoms with E-state index in [4.69, 9.17) is 24.1 Å². The van der Waals surface area contributed by atoms with Gasteiger partial charge >= 0.3 is 29.8 Å². The van der Waals surface area contributed by atoms with Gasteiger partial charge in [-0.3, -0.25) is 19.2 Å². The summed E-state index contributed by atoms with van der Waals surface area (Å²) in [6.07, 6.45) is 2.40. The molecule has 1 aliphatic carbocycles. The van der Waals surface area contributed by atoms with Gasteiger partial charge < -0.3 is 24.1 Å². The molecule has 1 unspecified atom stereocenters. The van der Waals surface area contributed by atoms with Gasteiger partial charge in [0.25, 0.3) is 0 Å². The van der Waals surface area contributed by atoms with Crippen molar-refractivity contribution in [3.8, 4) is 11.5 Å². The van der Waals surface area contributed by atoms with Crippen LogP contribution in [0.3, 0.4) is 0 Å². The predicted molar refractivity (Wildman–Crippen MR) is 121 cm³/mol. The van der Waals surface area contributed by atoms with E-state index in [1.54, 1.807) is 6.92 Å². The molecule has 190 valence electrons. The number of carbonyl (C=O) groups excluding carboxylic acids is 4. The number of esters is 4. The fourth-order valence-electron chi connectivity index (χ4n) is 3.45. The Morgan fingerprint density at radius 2 is 1.49 bits per heavy atom. The van der Waals surface area contributed by atoms with Gasteiger partial charge in [0.2, 0.25) is 0 Å². The molecule has 1 aliphatic rings. The molecular weight excluding hydrogens is 460 g/mol. The quantitative estimate of drug-likeness (QED) is 0.263. The smallest absolute Gasteiger partial charge is 0.330 e. The van der Waals surface area contributed by atoms with Crippen molar-refractivity contribution in [1.82, 2.24) is 0 Å². The minimum absolute atomic E-state index is 0.0423. The molecule has 0 saturated heterocycles. The van der Waals surface area contributed by atoms with Crippen molar-refractivity contribution in [3.63, 3.8) is 0 Å². The van der Waals surface area contributed by atoms with Crippen molar-refractivity contribution in [3.05, 3.63) is 36.9 Å². The van der Waals surface area contributed by atoms with E-state index < -0.39 is 41.9 Å². The van der Waals surface area contributed by atoms with Gasteiger partial charge in [0, 0.05) is 12.5 Å². The molecule has 1 fully saturated rings. The van der Waals surface area contributed by atoms with E-state index in [9.17, 15) is 24.0 Å². The summed E-state index contributed by atoms with van der Waals surface area (Å²) < 4.78 is 20.5. The molecule has 0 amide bonds. The van der Waals surface area contributed by atoms with Crippen molar-refractivity contribution in [2.24, 2.45) is 11.8 Å². The van der Waals surface area contributed by atoms with Gasteiger partial charge in [-0.2, -0.15) is 0 Å². The largest absolute Gasteiger partial charge is 0.481 e. The predicted octanol–water partition coefficient (Wildman–Crippen LogP) is 3.22. The zero-order chi connectivity index (χ0) is 25.8. The molecule has 35 heavy (non-hydrogen) atoms. The zero-order valence-electron chi connectivity index (χ0n) is 19.6. The molecule has 10 heteroatoms. The Labute approximate surface area is 203 Å². The topological polar surface area (TPSA) is 142 Å². The second kappa shape index (κ2) is 13.9. The van der Waals surface area contributed by atoms with Gasteiger partial charge in [0.1, 0.15) is 17.6 Å². The van der Waals surface area contributed by atoms with Crippen molar-refractivity contribution < 1.29 is 48.0 Å². The van der Waals surface area contributed by atoms with Crippen molar-refractivity contribution in [2.75, 3.05) is 6.61 Å². The van der Waals surface area contributed by atoms with Gasteiger partial charge in [-0.25, -0.2) is 4.79 Å². The average Bonchev–Trinajstić information content (AvgIpc) is 2.83. The van der Waals surface area contributed by atoms with E-state index in [2.05, 4.69) is 6.58 Å². The Bertz CT molecular complexity index is 913. The molecule has 0 bridgehead atoms. The van der Waals surface area contributed by atoms with E-state index in [0.717, 1.165) is 6.08 Å². The minimum atomic E-state index is -0.836. The second-order valence-corrected chi connectivity index (χ2v) is 8.21. The van der Waals surface area contributed by atoms with Crippen LogP contribution in [0.15, 0.2) is 36.9 Å². The fraction of sp³-hybridized carbons (Fsp3) is 0.480. The molecule has 0 aliphatic heterocycles. The average molecular weight is 491 g/mol. The molecule has 1 saturated carbocycles. The molecule has 10 nitrogen and oxygen atoms in total. The van der Waals surface area contributed by atoms with Crippen LogP contribution in [0, 0.1) is 11.8 Å². The van der Waals surface area contributed by atoms with Gasteiger partial charge in [-0.1, -0.05) is 6.58 Å².